The van der Waals surface area contributed by atoms with Crippen molar-refractivity contribution >= 4 is 50.7 Å². The summed E-state index contributed by atoms with van der Waals surface area (Å²) in [6, 6.07) is 8.69. The molecule has 2 aromatic rings. The number of sulfonamides is 1. The summed E-state index contributed by atoms with van der Waals surface area (Å²) in [5.74, 6) is -0.352. The van der Waals surface area contributed by atoms with Crippen LogP contribution in [-0.2, 0) is 26.2 Å². The van der Waals surface area contributed by atoms with Crippen LogP contribution < -0.4 is 19.1 Å². The molecule has 0 saturated heterocycles. The van der Waals surface area contributed by atoms with Gasteiger partial charge >= 0.3 is 0 Å². The highest BCUT2D eigenvalue weighted by Gasteiger charge is 2.32. The fourth-order valence-corrected chi connectivity index (χ4v) is 5.24. The number of anilines is 1. The highest BCUT2D eigenvalue weighted by Crippen LogP contribution is 2.35. The van der Waals surface area contributed by atoms with E-state index in [1.54, 1.807) is 44.2 Å². The van der Waals surface area contributed by atoms with Crippen LogP contribution in [0.4, 0.5) is 5.69 Å². The van der Waals surface area contributed by atoms with Crippen LogP contribution in [-0.4, -0.2) is 63.2 Å². The Morgan fingerprint density at radius 3 is 2.31 bits per heavy atom. The van der Waals surface area contributed by atoms with Gasteiger partial charge in [0, 0.05) is 34.8 Å². The number of nitrogens with zero attached hydrogens (tertiary/aromatic N) is 2. The molecule has 2 aromatic carbocycles. The standard InChI is InChI=1S/C24H29Cl2N3O6S/c1-4-27-24(31)16(3)28(14-18-19(25)7-6-8-20(18)26)23(30)15-29(36(32,33)5-2)17-9-10-21-22(13-17)35-12-11-34-21/h6-10,13,16H,4-5,11-12,14-15H2,1-3H3,(H,27,31)/t16-/m1/s1. The van der Waals surface area contributed by atoms with Crippen LogP contribution >= 0.6 is 23.2 Å². The minimum atomic E-state index is -3.88. The summed E-state index contributed by atoms with van der Waals surface area (Å²) in [6.07, 6.45) is 0. The van der Waals surface area contributed by atoms with Gasteiger partial charge in [0.25, 0.3) is 0 Å². The minimum absolute atomic E-state index is 0.0865. The second-order valence-electron chi connectivity index (χ2n) is 8.03. The zero-order valence-corrected chi connectivity index (χ0v) is 22.6. The van der Waals surface area contributed by atoms with Crippen molar-refractivity contribution in [3.63, 3.8) is 0 Å². The molecule has 12 heteroatoms. The number of hydrogen-bond acceptors (Lipinski definition) is 6. The van der Waals surface area contributed by atoms with Crippen LogP contribution in [0.15, 0.2) is 36.4 Å². The summed E-state index contributed by atoms with van der Waals surface area (Å²) in [5, 5.41) is 3.35. The summed E-state index contributed by atoms with van der Waals surface area (Å²) >= 11 is 12.7. The number of rotatable bonds is 10. The lowest BCUT2D eigenvalue weighted by atomic mass is 10.1. The lowest BCUT2D eigenvalue weighted by molar-refractivity contribution is -0.139. The Balaban J connectivity index is 1.98. The molecule has 9 nitrogen and oxygen atoms in total. The van der Waals surface area contributed by atoms with E-state index >= 15 is 0 Å². The summed E-state index contributed by atoms with van der Waals surface area (Å²) in [7, 11) is -3.88. The first-order chi connectivity index (χ1) is 17.1. The van der Waals surface area contributed by atoms with Gasteiger partial charge in [0.2, 0.25) is 21.8 Å². The van der Waals surface area contributed by atoms with Gasteiger partial charge in [-0.2, -0.15) is 0 Å². The van der Waals surface area contributed by atoms with Gasteiger partial charge in [-0.15, -0.1) is 0 Å². The predicted molar refractivity (Wildman–Crippen MR) is 139 cm³/mol. The quantitative estimate of drug-likeness (QED) is 0.479. The van der Waals surface area contributed by atoms with Gasteiger partial charge in [0.15, 0.2) is 11.5 Å². The average Bonchev–Trinajstić information content (AvgIpc) is 2.86. The van der Waals surface area contributed by atoms with Gasteiger partial charge in [0.1, 0.15) is 25.8 Å². The fourth-order valence-electron chi connectivity index (χ4n) is 3.67. The molecule has 1 N–H and O–H groups in total. The van der Waals surface area contributed by atoms with Crippen LogP contribution in [0.25, 0.3) is 0 Å². The first-order valence-corrected chi connectivity index (χ1v) is 13.9. The van der Waals surface area contributed by atoms with E-state index in [1.165, 1.54) is 17.9 Å². The molecule has 3 rings (SSSR count). The first kappa shape index (κ1) is 27.9. The Labute approximate surface area is 221 Å². The fraction of sp³-hybridized carbons (Fsp3) is 0.417. The van der Waals surface area contributed by atoms with E-state index in [-0.39, 0.29) is 18.0 Å². The molecular weight excluding hydrogens is 529 g/mol. The number of hydrogen-bond donors (Lipinski definition) is 1. The summed E-state index contributed by atoms with van der Waals surface area (Å²) in [5.41, 5.74) is 0.699. The van der Waals surface area contributed by atoms with Crippen LogP contribution in [0.2, 0.25) is 10.0 Å². The summed E-state index contributed by atoms with van der Waals surface area (Å²) < 4.78 is 38.2. The molecule has 1 heterocycles. The lowest BCUT2D eigenvalue weighted by Gasteiger charge is -2.32. The molecule has 2 amide bonds. The maximum absolute atomic E-state index is 13.7. The normalized spacial score (nSPS) is 13.6. The number of nitrogens with one attached hydrogen (secondary N) is 1. The molecule has 1 aliphatic heterocycles. The highest BCUT2D eigenvalue weighted by molar-refractivity contribution is 7.92. The zero-order valence-electron chi connectivity index (χ0n) is 20.3. The van der Waals surface area contributed by atoms with Crippen molar-refractivity contribution in [2.45, 2.75) is 33.4 Å². The van der Waals surface area contributed by atoms with Crippen molar-refractivity contribution < 1.29 is 27.5 Å². The third kappa shape index (κ3) is 6.35. The molecule has 0 fully saturated rings. The van der Waals surface area contributed by atoms with E-state index in [4.69, 9.17) is 32.7 Å². The molecule has 0 bridgehead atoms. The Kier molecular flexibility index (Phi) is 9.32. The van der Waals surface area contributed by atoms with Gasteiger partial charge in [-0.3, -0.25) is 13.9 Å². The zero-order chi connectivity index (χ0) is 26.5. The number of fused-ring (bicyclic) bond motifs is 1. The third-order valence-corrected chi connectivity index (χ3v) is 8.15. The van der Waals surface area contributed by atoms with E-state index in [0.717, 1.165) is 4.31 Å². The third-order valence-electron chi connectivity index (χ3n) is 5.70. The van der Waals surface area contributed by atoms with Gasteiger partial charge in [0.05, 0.1) is 11.4 Å². The number of halogens is 2. The van der Waals surface area contributed by atoms with E-state index in [2.05, 4.69) is 5.32 Å². The minimum Gasteiger partial charge on any atom is -0.486 e. The number of carbonyl (C=O) groups is 2. The Morgan fingerprint density at radius 2 is 1.69 bits per heavy atom. The van der Waals surface area contributed by atoms with Crippen molar-refractivity contribution in [1.82, 2.24) is 10.2 Å². The molecule has 0 aromatic heterocycles. The van der Waals surface area contributed by atoms with Crippen molar-refractivity contribution in [2.24, 2.45) is 0 Å². The van der Waals surface area contributed by atoms with Crippen LogP contribution in [0.5, 0.6) is 11.5 Å². The molecule has 0 aliphatic carbocycles. The Bertz CT molecular complexity index is 1200. The topological polar surface area (TPSA) is 105 Å². The van der Waals surface area contributed by atoms with E-state index in [9.17, 15) is 18.0 Å². The smallest absolute Gasteiger partial charge is 0.244 e. The van der Waals surface area contributed by atoms with E-state index < -0.39 is 34.4 Å². The molecule has 1 atom stereocenters. The molecule has 0 unspecified atom stereocenters. The number of carbonyl (C=O) groups excluding carboxylic acids is 2. The molecule has 36 heavy (non-hydrogen) atoms. The molecular formula is C24H29Cl2N3O6S. The first-order valence-electron chi connectivity index (χ1n) is 11.5. The lowest BCUT2D eigenvalue weighted by Crippen LogP contribution is -2.51. The van der Waals surface area contributed by atoms with Crippen molar-refractivity contribution in [1.29, 1.82) is 0 Å². The van der Waals surface area contributed by atoms with Gasteiger partial charge < -0.3 is 19.7 Å². The molecule has 0 spiro atoms. The monoisotopic (exact) mass is 557 g/mol. The molecule has 1 aliphatic rings. The van der Waals surface area contributed by atoms with E-state index in [0.29, 0.717) is 46.9 Å². The van der Waals surface area contributed by atoms with Crippen molar-refractivity contribution in [2.75, 3.05) is 36.4 Å². The molecule has 196 valence electrons. The Morgan fingerprint density at radius 1 is 1.06 bits per heavy atom. The Hall–Kier alpha value is -2.69. The van der Waals surface area contributed by atoms with Gasteiger partial charge in [-0.1, -0.05) is 29.3 Å². The van der Waals surface area contributed by atoms with E-state index in [1.807, 2.05) is 0 Å². The number of likely N-dealkylation sites (N-methyl/N-ethyl adjacent to an activating group) is 1. The van der Waals surface area contributed by atoms with Crippen LogP contribution in [0.1, 0.15) is 26.3 Å². The molecule has 0 radical (unpaired) electrons. The average molecular weight is 558 g/mol. The maximum Gasteiger partial charge on any atom is 0.244 e. The van der Waals surface area contributed by atoms with Crippen LogP contribution in [0, 0.1) is 0 Å². The second-order valence-corrected chi connectivity index (χ2v) is 11.0. The predicted octanol–water partition coefficient (Wildman–Crippen LogP) is 3.47. The molecule has 0 saturated carbocycles. The number of benzene rings is 2. The maximum atomic E-state index is 13.7. The summed E-state index contributed by atoms with van der Waals surface area (Å²) in [6.45, 7) is 5.27. The largest absolute Gasteiger partial charge is 0.486 e. The van der Waals surface area contributed by atoms with Gasteiger partial charge in [-0.25, -0.2) is 8.42 Å². The number of amides is 2. The second kappa shape index (κ2) is 12.0. The summed E-state index contributed by atoms with van der Waals surface area (Å²) in [4.78, 5) is 27.6. The van der Waals surface area contributed by atoms with Gasteiger partial charge in [-0.05, 0) is 45.0 Å². The number of ether oxygens (including phenoxy) is 2. The SMILES string of the molecule is CCNC(=O)[C@@H](C)N(Cc1c(Cl)cccc1Cl)C(=O)CN(c1ccc2c(c1)OCCO2)S(=O)(=O)CC. The van der Waals surface area contributed by atoms with Crippen molar-refractivity contribution in [3.05, 3.63) is 52.0 Å². The van der Waals surface area contributed by atoms with Crippen molar-refractivity contribution in [3.8, 4) is 11.5 Å². The highest BCUT2D eigenvalue weighted by atomic mass is 35.5. The van der Waals surface area contributed by atoms with Crippen LogP contribution in [0.3, 0.4) is 0 Å².